The maximum atomic E-state index is 11.6. The Kier molecular flexibility index (Phi) is 4.07. The Morgan fingerprint density at radius 3 is 2.69 bits per heavy atom. The second-order valence-corrected chi connectivity index (χ2v) is 3.27. The maximum Gasteiger partial charge on any atom is 0.326 e. The molecule has 1 heterocycles. The zero-order valence-electron chi connectivity index (χ0n) is 8.77. The van der Waals surface area contributed by atoms with Crippen LogP contribution in [-0.4, -0.2) is 34.7 Å². The lowest BCUT2D eigenvalue weighted by Crippen LogP contribution is -2.41. The van der Waals surface area contributed by atoms with Crippen LogP contribution in [0.2, 0.25) is 0 Å². The smallest absolute Gasteiger partial charge is 0.326 e. The molecule has 88 valence electrons. The third-order valence-electron chi connectivity index (χ3n) is 2.12. The van der Waals surface area contributed by atoms with Crippen LogP contribution in [0.4, 0.5) is 0 Å². The highest BCUT2D eigenvalue weighted by molar-refractivity contribution is 5.97. The van der Waals surface area contributed by atoms with E-state index in [-0.39, 0.29) is 13.0 Å². The average molecular weight is 227 g/mol. The van der Waals surface area contributed by atoms with Gasteiger partial charge in [-0.25, -0.2) is 4.79 Å². The van der Waals surface area contributed by atoms with E-state index in [0.717, 1.165) is 0 Å². The molecule has 0 aliphatic heterocycles. The van der Waals surface area contributed by atoms with E-state index in [4.69, 9.17) is 14.6 Å². The predicted molar refractivity (Wildman–Crippen MR) is 54.0 cm³/mol. The van der Waals surface area contributed by atoms with Gasteiger partial charge in [-0.2, -0.15) is 0 Å². The summed E-state index contributed by atoms with van der Waals surface area (Å²) < 4.78 is 4.93. The number of hydrogen-bond donors (Lipinski definition) is 3. The highest BCUT2D eigenvalue weighted by atomic mass is 16.4. The number of aryl methyl sites for hydroxylation is 1. The van der Waals surface area contributed by atoms with Crippen LogP contribution in [0.3, 0.4) is 0 Å². The first-order valence-electron chi connectivity index (χ1n) is 4.75. The molecule has 1 amide bonds. The van der Waals surface area contributed by atoms with Gasteiger partial charge >= 0.3 is 5.97 Å². The van der Waals surface area contributed by atoms with E-state index in [1.165, 1.54) is 12.3 Å². The van der Waals surface area contributed by atoms with Gasteiger partial charge in [0.1, 0.15) is 11.8 Å². The Bertz CT molecular complexity index is 384. The number of aliphatic hydroxyl groups is 1. The van der Waals surface area contributed by atoms with Crippen molar-refractivity contribution < 1.29 is 24.2 Å². The minimum absolute atomic E-state index is 0.0298. The van der Waals surface area contributed by atoms with Crippen molar-refractivity contribution in [3.63, 3.8) is 0 Å². The predicted octanol–water partition coefficient (Wildman–Crippen LogP) is 0.153. The second-order valence-electron chi connectivity index (χ2n) is 3.27. The third kappa shape index (κ3) is 2.83. The van der Waals surface area contributed by atoms with Crippen molar-refractivity contribution in [3.8, 4) is 0 Å². The van der Waals surface area contributed by atoms with Crippen LogP contribution in [0.15, 0.2) is 16.7 Å². The molecule has 3 N–H and O–H groups in total. The normalized spacial score (nSPS) is 12.1. The number of aliphatic carboxylic acids is 1. The molecule has 1 rings (SSSR count). The number of carboxylic acid groups (broad SMARTS) is 1. The summed E-state index contributed by atoms with van der Waals surface area (Å²) in [5.41, 5.74) is 0.296. The summed E-state index contributed by atoms with van der Waals surface area (Å²) >= 11 is 0. The van der Waals surface area contributed by atoms with Crippen LogP contribution in [0.25, 0.3) is 0 Å². The number of carbonyl (C=O) groups is 2. The number of aliphatic hydroxyl groups excluding tert-OH is 1. The zero-order valence-corrected chi connectivity index (χ0v) is 8.77. The molecule has 0 spiro atoms. The van der Waals surface area contributed by atoms with E-state index in [9.17, 15) is 9.59 Å². The molecule has 6 nitrogen and oxygen atoms in total. The highest BCUT2D eigenvalue weighted by Gasteiger charge is 2.21. The van der Waals surface area contributed by atoms with Crippen molar-refractivity contribution in [3.05, 3.63) is 23.7 Å². The fourth-order valence-corrected chi connectivity index (χ4v) is 1.24. The van der Waals surface area contributed by atoms with Crippen molar-refractivity contribution in [1.29, 1.82) is 0 Å². The lowest BCUT2D eigenvalue weighted by molar-refractivity contribution is -0.139. The summed E-state index contributed by atoms with van der Waals surface area (Å²) in [5, 5.41) is 19.7. The summed E-state index contributed by atoms with van der Waals surface area (Å²) in [7, 11) is 0. The Labute approximate surface area is 91.9 Å². The fraction of sp³-hybridized carbons (Fsp3) is 0.400. The van der Waals surface area contributed by atoms with Crippen molar-refractivity contribution in [1.82, 2.24) is 5.32 Å². The fourth-order valence-electron chi connectivity index (χ4n) is 1.24. The van der Waals surface area contributed by atoms with Crippen molar-refractivity contribution in [2.75, 3.05) is 6.61 Å². The van der Waals surface area contributed by atoms with Crippen LogP contribution in [0.5, 0.6) is 0 Å². The van der Waals surface area contributed by atoms with Crippen LogP contribution in [-0.2, 0) is 4.79 Å². The molecular formula is C10H13NO5. The van der Waals surface area contributed by atoms with Gasteiger partial charge in [-0.15, -0.1) is 0 Å². The van der Waals surface area contributed by atoms with Crippen molar-refractivity contribution >= 4 is 11.9 Å². The average Bonchev–Trinajstić information content (AvgIpc) is 2.63. The number of furan rings is 1. The molecule has 1 aromatic rings. The molecule has 6 heteroatoms. The SMILES string of the molecule is Cc1occc1C(=O)N[C@@H](CCO)C(=O)O. The molecule has 0 aliphatic carbocycles. The lowest BCUT2D eigenvalue weighted by Gasteiger charge is -2.12. The van der Waals surface area contributed by atoms with Crippen LogP contribution in [0, 0.1) is 6.92 Å². The highest BCUT2D eigenvalue weighted by Crippen LogP contribution is 2.08. The van der Waals surface area contributed by atoms with Gasteiger partial charge in [0.05, 0.1) is 11.8 Å². The van der Waals surface area contributed by atoms with Gasteiger partial charge in [-0.05, 0) is 13.0 Å². The maximum absolute atomic E-state index is 11.6. The molecule has 0 bridgehead atoms. The Hall–Kier alpha value is -1.82. The number of carbonyl (C=O) groups excluding carboxylic acids is 1. The van der Waals surface area contributed by atoms with Gasteiger partial charge in [0.15, 0.2) is 0 Å². The molecular weight excluding hydrogens is 214 g/mol. The van der Waals surface area contributed by atoms with Gasteiger partial charge in [0.25, 0.3) is 5.91 Å². The summed E-state index contributed by atoms with van der Waals surface area (Å²) in [6.45, 7) is 1.30. The van der Waals surface area contributed by atoms with Crippen LogP contribution < -0.4 is 5.32 Å². The number of hydrogen-bond acceptors (Lipinski definition) is 4. The van der Waals surface area contributed by atoms with Crippen molar-refractivity contribution in [2.24, 2.45) is 0 Å². The molecule has 0 aromatic carbocycles. The van der Waals surface area contributed by atoms with E-state index < -0.39 is 17.9 Å². The molecule has 0 fully saturated rings. The summed E-state index contributed by atoms with van der Waals surface area (Å²) in [6, 6.07) is 0.370. The summed E-state index contributed by atoms with van der Waals surface area (Å²) in [5.74, 6) is -1.28. The number of nitrogens with one attached hydrogen (secondary N) is 1. The van der Waals surface area contributed by atoms with E-state index >= 15 is 0 Å². The first-order valence-corrected chi connectivity index (χ1v) is 4.75. The van der Waals surface area contributed by atoms with E-state index in [0.29, 0.717) is 11.3 Å². The molecule has 0 aliphatic rings. The Balaban J connectivity index is 2.69. The van der Waals surface area contributed by atoms with Gasteiger partial charge in [0.2, 0.25) is 0 Å². The van der Waals surface area contributed by atoms with Crippen molar-refractivity contribution in [2.45, 2.75) is 19.4 Å². The number of amides is 1. The lowest BCUT2D eigenvalue weighted by atomic mass is 10.2. The minimum Gasteiger partial charge on any atom is -0.480 e. The molecule has 16 heavy (non-hydrogen) atoms. The number of rotatable bonds is 5. The topological polar surface area (TPSA) is 99.8 Å². The van der Waals surface area contributed by atoms with Gasteiger partial charge in [-0.3, -0.25) is 4.79 Å². The van der Waals surface area contributed by atoms with E-state index in [2.05, 4.69) is 5.32 Å². The first-order chi connectivity index (χ1) is 7.56. The summed E-state index contributed by atoms with van der Waals surface area (Å²) in [4.78, 5) is 22.3. The number of carboxylic acids is 1. The van der Waals surface area contributed by atoms with Gasteiger partial charge < -0.3 is 19.9 Å². The third-order valence-corrected chi connectivity index (χ3v) is 2.12. The Morgan fingerprint density at radius 2 is 2.25 bits per heavy atom. The molecule has 0 saturated carbocycles. The molecule has 1 atom stereocenters. The Morgan fingerprint density at radius 1 is 1.56 bits per heavy atom. The molecule has 0 saturated heterocycles. The zero-order chi connectivity index (χ0) is 12.1. The molecule has 0 radical (unpaired) electrons. The molecule has 1 aromatic heterocycles. The second kappa shape index (κ2) is 5.32. The van der Waals surface area contributed by atoms with E-state index in [1.807, 2.05) is 0 Å². The van der Waals surface area contributed by atoms with Crippen LogP contribution in [0.1, 0.15) is 22.5 Å². The van der Waals surface area contributed by atoms with Gasteiger partial charge in [-0.1, -0.05) is 0 Å². The quantitative estimate of drug-likeness (QED) is 0.665. The largest absolute Gasteiger partial charge is 0.480 e. The summed E-state index contributed by atoms with van der Waals surface area (Å²) in [6.07, 6.45) is 1.32. The van der Waals surface area contributed by atoms with E-state index in [1.54, 1.807) is 6.92 Å². The first kappa shape index (κ1) is 12.3. The molecule has 0 unspecified atom stereocenters. The minimum atomic E-state index is -1.18. The standard InChI is InChI=1S/C10H13NO5/c1-6-7(3-5-16-6)9(13)11-8(2-4-12)10(14)15/h3,5,8,12H,2,4H2,1H3,(H,11,13)(H,14,15)/t8-/m0/s1. The van der Waals surface area contributed by atoms with Gasteiger partial charge in [0, 0.05) is 13.0 Å². The van der Waals surface area contributed by atoms with Crippen LogP contribution >= 0.6 is 0 Å². The monoisotopic (exact) mass is 227 g/mol.